The van der Waals surface area contributed by atoms with E-state index in [2.05, 4.69) is 0 Å². The van der Waals surface area contributed by atoms with Gasteiger partial charge in [-0.05, 0) is 57.4 Å². The van der Waals surface area contributed by atoms with Crippen molar-refractivity contribution in [2.75, 3.05) is 6.61 Å². The number of hydrogen-bond acceptors (Lipinski definition) is 4. The summed E-state index contributed by atoms with van der Waals surface area (Å²) in [6, 6.07) is 20.8. The van der Waals surface area contributed by atoms with E-state index in [4.69, 9.17) is 4.74 Å². The Hall–Kier alpha value is -4.13. The number of esters is 1. The molecule has 7 heteroatoms. The number of para-hydroxylation sites is 1. The highest BCUT2D eigenvalue weighted by molar-refractivity contribution is 6.00. The Labute approximate surface area is 209 Å². The van der Waals surface area contributed by atoms with Gasteiger partial charge in [-0.3, -0.25) is 19.1 Å². The number of ether oxygens (including phenoxy) is 1. The highest BCUT2D eigenvalue weighted by atomic mass is 16.5. The first kappa shape index (κ1) is 23.6. The van der Waals surface area contributed by atoms with Crippen LogP contribution in [0.1, 0.15) is 45.8 Å². The Morgan fingerprint density at radius 1 is 0.917 bits per heavy atom. The average Bonchev–Trinajstić information content (AvgIpc) is 3.61. The van der Waals surface area contributed by atoms with Crippen molar-refractivity contribution in [3.8, 4) is 11.4 Å². The molecule has 0 radical (unpaired) electrons. The lowest BCUT2D eigenvalue weighted by molar-refractivity contribution is -0.145. The van der Waals surface area contributed by atoms with Crippen molar-refractivity contribution < 1.29 is 14.3 Å². The summed E-state index contributed by atoms with van der Waals surface area (Å²) in [5.41, 5.74) is 3.99. The summed E-state index contributed by atoms with van der Waals surface area (Å²) in [4.78, 5) is 39.5. The van der Waals surface area contributed by atoms with Crippen molar-refractivity contribution in [1.82, 2.24) is 13.9 Å². The van der Waals surface area contributed by atoms with Gasteiger partial charge in [0.15, 0.2) is 6.61 Å². The molecule has 0 spiro atoms. The molecule has 0 amide bonds. The summed E-state index contributed by atoms with van der Waals surface area (Å²) in [5.74, 6) is -0.649. The van der Waals surface area contributed by atoms with Crippen LogP contribution in [0.4, 0.5) is 0 Å². The summed E-state index contributed by atoms with van der Waals surface area (Å²) in [7, 11) is 1.84. The zero-order chi connectivity index (χ0) is 25.6. The summed E-state index contributed by atoms with van der Waals surface area (Å²) in [5, 5.41) is 0. The van der Waals surface area contributed by atoms with E-state index in [-0.39, 0.29) is 23.9 Å². The van der Waals surface area contributed by atoms with E-state index in [0.29, 0.717) is 16.9 Å². The monoisotopic (exact) mass is 483 g/mol. The highest BCUT2D eigenvalue weighted by Gasteiger charge is 2.52. The van der Waals surface area contributed by atoms with E-state index in [0.717, 1.165) is 35.5 Å². The minimum absolute atomic E-state index is 0.174. The van der Waals surface area contributed by atoms with Gasteiger partial charge in [0.1, 0.15) is 5.69 Å². The molecule has 36 heavy (non-hydrogen) atoms. The van der Waals surface area contributed by atoms with Crippen LogP contribution in [0, 0.1) is 20.8 Å². The number of carbonyl (C=O) groups is 2. The van der Waals surface area contributed by atoms with Crippen LogP contribution in [0.15, 0.2) is 71.5 Å². The smallest absolute Gasteiger partial charge is 0.317 e. The van der Waals surface area contributed by atoms with Crippen LogP contribution in [0.3, 0.4) is 0 Å². The predicted octanol–water partition coefficient (Wildman–Crippen LogP) is 4.35. The lowest BCUT2D eigenvalue weighted by atomic mass is 9.96. The van der Waals surface area contributed by atoms with Gasteiger partial charge in [-0.1, -0.05) is 48.5 Å². The van der Waals surface area contributed by atoms with Crippen LogP contribution in [0.25, 0.3) is 11.4 Å². The molecule has 1 aliphatic carbocycles. The number of nitrogens with zero attached hydrogens (tertiary/aromatic N) is 3. The maximum atomic E-state index is 13.5. The number of ketones is 1. The van der Waals surface area contributed by atoms with Gasteiger partial charge in [-0.25, -0.2) is 4.68 Å². The van der Waals surface area contributed by atoms with Crippen LogP contribution >= 0.6 is 0 Å². The van der Waals surface area contributed by atoms with Gasteiger partial charge in [-0.2, -0.15) is 0 Å². The van der Waals surface area contributed by atoms with Gasteiger partial charge in [-0.15, -0.1) is 0 Å². The number of rotatable bonds is 7. The first-order valence-electron chi connectivity index (χ1n) is 12.1. The van der Waals surface area contributed by atoms with E-state index < -0.39 is 5.41 Å². The van der Waals surface area contributed by atoms with Crippen LogP contribution in [0.5, 0.6) is 0 Å². The van der Waals surface area contributed by atoms with Crippen LogP contribution < -0.4 is 5.56 Å². The Balaban J connectivity index is 1.42. The van der Waals surface area contributed by atoms with E-state index in [9.17, 15) is 14.4 Å². The third kappa shape index (κ3) is 3.71. The molecule has 0 atom stereocenters. The molecular weight excluding hydrogens is 454 g/mol. The Kier molecular flexibility index (Phi) is 5.79. The lowest BCUT2D eigenvalue weighted by Gasteiger charge is -2.14. The zero-order valence-electron chi connectivity index (χ0n) is 20.9. The number of Topliss-reactive ketones (excluding diaryl/α,β-unsaturated/α-hetero) is 1. The van der Waals surface area contributed by atoms with Crippen molar-refractivity contribution in [3.63, 3.8) is 0 Å². The molecule has 4 aromatic rings. The maximum absolute atomic E-state index is 13.5. The molecule has 5 rings (SSSR count). The Morgan fingerprint density at radius 2 is 1.53 bits per heavy atom. The minimum Gasteiger partial charge on any atom is -0.457 e. The standard InChI is InChI=1S/C29H29N3O4/c1-19-17-24(25(33)18-36-28(35)29(15-16-29)22-11-7-5-8-12-22)20(2)31(19)26-21(3)30(4)32(27(26)34)23-13-9-6-10-14-23/h5-14,17H,15-16,18H2,1-4H3. The molecule has 0 aliphatic heterocycles. The molecule has 0 N–H and O–H groups in total. The number of aromatic nitrogens is 3. The molecule has 1 saturated carbocycles. The second-order valence-electron chi connectivity index (χ2n) is 9.48. The fourth-order valence-corrected chi connectivity index (χ4v) is 5.04. The molecule has 0 saturated heterocycles. The van der Waals surface area contributed by atoms with Crippen molar-refractivity contribution in [2.24, 2.45) is 7.05 Å². The van der Waals surface area contributed by atoms with Gasteiger partial charge >= 0.3 is 5.97 Å². The topological polar surface area (TPSA) is 75.2 Å². The van der Waals surface area contributed by atoms with Crippen molar-refractivity contribution >= 4 is 11.8 Å². The van der Waals surface area contributed by atoms with E-state index >= 15 is 0 Å². The predicted molar refractivity (Wildman–Crippen MR) is 137 cm³/mol. The van der Waals surface area contributed by atoms with E-state index in [1.54, 1.807) is 10.7 Å². The summed E-state index contributed by atoms with van der Waals surface area (Å²) >= 11 is 0. The van der Waals surface area contributed by atoms with Crippen molar-refractivity contribution in [3.05, 3.63) is 105 Å². The molecule has 2 heterocycles. The molecule has 2 aromatic heterocycles. The van der Waals surface area contributed by atoms with Crippen molar-refractivity contribution in [1.29, 1.82) is 0 Å². The number of benzene rings is 2. The molecule has 1 aliphatic rings. The molecule has 1 fully saturated rings. The zero-order valence-corrected chi connectivity index (χ0v) is 20.9. The largest absolute Gasteiger partial charge is 0.457 e. The quantitative estimate of drug-likeness (QED) is 0.289. The second-order valence-corrected chi connectivity index (χ2v) is 9.48. The summed E-state index contributed by atoms with van der Waals surface area (Å²) in [6.07, 6.45) is 1.44. The third-order valence-electron chi connectivity index (χ3n) is 7.28. The van der Waals surface area contributed by atoms with E-state index in [1.165, 1.54) is 0 Å². The first-order valence-corrected chi connectivity index (χ1v) is 12.1. The highest BCUT2D eigenvalue weighted by Crippen LogP contribution is 2.49. The van der Waals surface area contributed by atoms with Crippen molar-refractivity contribution in [2.45, 2.75) is 39.0 Å². The summed E-state index contributed by atoms with van der Waals surface area (Å²) < 4.78 is 10.8. The average molecular weight is 484 g/mol. The Morgan fingerprint density at radius 3 is 2.14 bits per heavy atom. The van der Waals surface area contributed by atoms with Crippen LogP contribution in [0.2, 0.25) is 0 Å². The van der Waals surface area contributed by atoms with Gasteiger partial charge in [0, 0.05) is 24.0 Å². The van der Waals surface area contributed by atoms with E-state index in [1.807, 2.05) is 97.7 Å². The maximum Gasteiger partial charge on any atom is 0.317 e. The first-order chi connectivity index (χ1) is 17.3. The second kappa shape index (κ2) is 8.82. The van der Waals surface area contributed by atoms with Gasteiger partial charge < -0.3 is 9.30 Å². The Bertz CT molecular complexity index is 1520. The lowest BCUT2D eigenvalue weighted by Crippen LogP contribution is -2.26. The molecule has 0 unspecified atom stereocenters. The van der Waals surface area contributed by atoms with Crippen LogP contribution in [-0.4, -0.2) is 32.3 Å². The molecule has 0 bridgehead atoms. The number of hydrogen-bond donors (Lipinski definition) is 0. The normalized spacial score (nSPS) is 14.0. The summed E-state index contributed by atoms with van der Waals surface area (Å²) in [6.45, 7) is 5.23. The van der Waals surface area contributed by atoms with Crippen LogP contribution in [-0.2, 0) is 22.0 Å². The third-order valence-corrected chi connectivity index (χ3v) is 7.28. The van der Waals surface area contributed by atoms with Gasteiger partial charge in [0.2, 0.25) is 5.78 Å². The fourth-order valence-electron chi connectivity index (χ4n) is 5.04. The SMILES string of the molecule is Cc1cc(C(=O)COC(=O)C2(c3ccccc3)CC2)c(C)n1-c1c(C)n(C)n(-c2ccccc2)c1=O. The number of carbonyl (C=O) groups excluding carboxylic acids is 2. The minimum atomic E-state index is -0.637. The molecule has 2 aromatic carbocycles. The van der Waals surface area contributed by atoms with Gasteiger partial charge in [0.25, 0.3) is 5.56 Å². The molecule has 7 nitrogen and oxygen atoms in total. The molecular formula is C29H29N3O4. The van der Waals surface area contributed by atoms with Gasteiger partial charge in [0.05, 0.1) is 16.8 Å². The molecule has 184 valence electrons. The number of aryl methyl sites for hydroxylation is 1. The fraction of sp³-hybridized carbons (Fsp3) is 0.276.